The first-order valence-electron chi connectivity index (χ1n) is 3.80. The molecule has 0 aromatic heterocycles. The van der Waals surface area contributed by atoms with E-state index >= 15 is 0 Å². The lowest BCUT2D eigenvalue weighted by atomic mass is 10.0. The van der Waals surface area contributed by atoms with E-state index in [-0.39, 0.29) is 5.78 Å². The molecule has 0 bridgehead atoms. The van der Waals surface area contributed by atoms with Crippen LogP contribution in [0, 0.1) is 14.9 Å². The first kappa shape index (κ1) is 10.9. The molecule has 0 amide bonds. The molecule has 0 radical (unpaired) electrons. The Bertz CT molecular complexity index is 446. The van der Waals surface area contributed by atoms with Gasteiger partial charge in [-0.25, -0.2) is 0 Å². The Hall–Kier alpha value is -1.22. The first-order chi connectivity index (χ1) is 6.60. The standard InChI is InChI=1S/C10H6INO2/c1-6(14)8-2-7(4-12)3-10(11)9(8)5-13/h2-3,5H,1H3. The van der Waals surface area contributed by atoms with Crippen LogP contribution in [-0.4, -0.2) is 12.1 Å². The molecule has 4 heteroatoms. The van der Waals surface area contributed by atoms with Crippen LogP contribution in [0.15, 0.2) is 12.1 Å². The van der Waals surface area contributed by atoms with Crippen LogP contribution in [0.1, 0.15) is 33.2 Å². The van der Waals surface area contributed by atoms with E-state index < -0.39 is 0 Å². The van der Waals surface area contributed by atoms with Gasteiger partial charge in [0.2, 0.25) is 0 Å². The van der Waals surface area contributed by atoms with Gasteiger partial charge < -0.3 is 0 Å². The summed E-state index contributed by atoms with van der Waals surface area (Å²) in [4.78, 5) is 21.9. The molecule has 0 saturated carbocycles. The Morgan fingerprint density at radius 3 is 2.64 bits per heavy atom. The Labute approximate surface area is 94.9 Å². The molecule has 0 aliphatic rings. The second-order valence-electron chi connectivity index (χ2n) is 2.71. The number of ketones is 1. The number of rotatable bonds is 2. The van der Waals surface area contributed by atoms with Crippen molar-refractivity contribution in [2.24, 2.45) is 0 Å². The highest BCUT2D eigenvalue weighted by Gasteiger charge is 2.11. The van der Waals surface area contributed by atoms with Gasteiger partial charge in [0.1, 0.15) is 0 Å². The molecule has 0 aliphatic carbocycles. The number of carbonyl (C=O) groups excluding carboxylic acids is 2. The molecule has 0 N–H and O–H groups in total. The van der Waals surface area contributed by atoms with Crippen molar-refractivity contribution in [3.8, 4) is 6.07 Å². The van der Waals surface area contributed by atoms with E-state index in [1.165, 1.54) is 13.0 Å². The molecule has 14 heavy (non-hydrogen) atoms. The van der Waals surface area contributed by atoms with Crippen molar-refractivity contribution < 1.29 is 9.59 Å². The van der Waals surface area contributed by atoms with Crippen molar-refractivity contribution in [2.75, 3.05) is 0 Å². The van der Waals surface area contributed by atoms with Crippen LogP contribution in [0.3, 0.4) is 0 Å². The van der Waals surface area contributed by atoms with Crippen molar-refractivity contribution in [3.63, 3.8) is 0 Å². The number of carbonyl (C=O) groups is 2. The van der Waals surface area contributed by atoms with Crippen molar-refractivity contribution >= 4 is 34.7 Å². The summed E-state index contributed by atoms with van der Waals surface area (Å²) < 4.78 is 0.627. The summed E-state index contributed by atoms with van der Waals surface area (Å²) >= 11 is 1.93. The largest absolute Gasteiger partial charge is 0.298 e. The third kappa shape index (κ3) is 1.99. The van der Waals surface area contributed by atoms with Crippen LogP contribution in [-0.2, 0) is 0 Å². The van der Waals surface area contributed by atoms with Gasteiger partial charge in [-0.3, -0.25) is 9.59 Å². The molecule has 0 unspecified atom stereocenters. The number of aldehydes is 1. The van der Waals surface area contributed by atoms with E-state index in [0.717, 1.165) is 0 Å². The lowest BCUT2D eigenvalue weighted by molar-refractivity contribution is 0.100. The predicted molar refractivity (Wildman–Crippen MR) is 59.3 cm³/mol. The Morgan fingerprint density at radius 1 is 1.57 bits per heavy atom. The molecule has 70 valence electrons. The number of Topliss-reactive ketones (excluding diaryl/α,β-unsaturated/α-hetero) is 1. The van der Waals surface area contributed by atoms with Gasteiger partial charge in [0, 0.05) is 14.7 Å². The summed E-state index contributed by atoms with van der Waals surface area (Å²) in [5.74, 6) is -0.206. The second-order valence-corrected chi connectivity index (χ2v) is 3.87. The van der Waals surface area contributed by atoms with Gasteiger partial charge in [-0.05, 0) is 41.6 Å². The van der Waals surface area contributed by atoms with Gasteiger partial charge in [0.15, 0.2) is 12.1 Å². The van der Waals surface area contributed by atoms with Crippen LogP contribution in [0.2, 0.25) is 0 Å². The van der Waals surface area contributed by atoms with E-state index in [9.17, 15) is 9.59 Å². The predicted octanol–water partition coefficient (Wildman–Crippen LogP) is 2.18. The highest BCUT2D eigenvalue weighted by Crippen LogP contribution is 2.18. The van der Waals surface area contributed by atoms with E-state index in [4.69, 9.17) is 5.26 Å². The number of benzene rings is 1. The van der Waals surface area contributed by atoms with Crippen LogP contribution in [0.4, 0.5) is 0 Å². The van der Waals surface area contributed by atoms with Gasteiger partial charge in [0.25, 0.3) is 0 Å². The highest BCUT2D eigenvalue weighted by molar-refractivity contribution is 14.1. The zero-order valence-corrected chi connectivity index (χ0v) is 9.53. The third-order valence-electron chi connectivity index (χ3n) is 1.76. The number of halogens is 1. The molecule has 0 saturated heterocycles. The number of hydrogen-bond acceptors (Lipinski definition) is 3. The minimum atomic E-state index is -0.206. The Morgan fingerprint density at radius 2 is 2.21 bits per heavy atom. The molecule has 1 rings (SSSR count). The topological polar surface area (TPSA) is 57.9 Å². The quantitative estimate of drug-likeness (QED) is 0.478. The average Bonchev–Trinajstić information content (AvgIpc) is 2.16. The van der Waals surface area contributed by atoms with Crippen molar-refractivity contribution in [2.45, 2.75) is 6.92 Å². The van der Waals surface area contributed by atoms with E-state index in [0.29, 0.717) is 26.5 Å². The summed E-state index contributed by atoms with van der Waals surface area (Å²) in [5, 5.41) is 8.68. The fourth-order valence-corrected chi connectivity index (χ4v) is 1.85. The van der Waals surface area contributed by atoms with Gasteiger partial charge in [-0.2, -0.15) is 5.26 Å². The molecule has 0 fully saturated rings. The number of nitriles is 1. The molecule has 1 aromatic rings. The van der Waals surface area contributed by atoms with Gasteiger partial charge >= 0.3 is 0 Å². The highest BCUT2D eigenvalue weighted by atomic mass is 127. The summed E-state index contributed by atoms with van der Waals surface area (Å²) in [7, 11) is 0. The number of hydrogen-bond donors (Lipinski definition) is 0. The summed E-state index contributed by atoms with van der Waals surface area (Å²) in [5.41, 5.74) is 1.06. The minimum absolute atomic E-state index is 0.206. The van der Waals surface area contributed by atoms with Crippen LogP contribution >= 0.6 is 22.6 Å². The lowest BCUT2D eigenvalue weighted by Crippen LogP contribution is -2.02. The van der Waals surface area contributed by atoms with Crippen molar-refractivity contribution in [1.82, 2.24) is 0 Å². The zero-order valence-electron chi connectivity index (χ0n) is 7.37. The fraction of sp³-hybridized carbons (Fsp3) is 0.100. The van der Waals surface area contributed by atoms with Gasteiger partial charge in [-0.15, -0.1) is 0 Å². The Balaban J connectivity index is 3.53. The molecule has 0 aliphatic heterocycles. The molecular formula is C10H6INO2. The van der Waals surface area contributed by atoms with Gasteiger partial charge in [-0.1, -0.05) is 0 Å². The molecular weight excluding hydrogens is 293 g/mol. The second kappa shape index (κ2) is 4.33. The summed E-state index contributed by atoms with van der Waals surface area (Å²) in [6.07, 6.45) is 0.639. The minimum Gasteiger partial charge on any atom is -0.298 e. The fourth-order valence-electron chi connectivity index (χ4n) is 1.09. The van der Waals surface area contributed by atoms with Crippen LogP contribution in [0.5, 0.6) is 0 Å². The maximum atomic E-state index is 11.2. The summed E-state index contributed by atoms with van der Waals surface area (Å²) in [6.45, 7) is 1.37. The third-order valence-corrected chi connectivity index (χ3v) is 2.65. The zero-order chi connectivity index (χ0) is 10.7. The maximum Gasteiger partial charge on any atom is 0.160 e. The molecule has 1 aromatic carbocycles. The smallest absolute Gasteiger partial charge is 0.160 e. The van der Waals surface area contributed by atoms with Gasteiger partial charge in [0.05, 0.1) is 11.6 Å². The van der Waals surface area contributed by atoms with E-state index in [1.54, 1.807) is 6.07 Å². The van der Waals surface area contributed by atoms with Crippen molar-refractivity contribution in [1.29, 1.82) is 5.26 Å². The van der Waals surface area contributed by atoms with Crippen LogP contribution < -0.4 is 0 Å². The summed E-state index contributed by atoms with van der Waals surface area (Å²) in [6, 6.07) is 4.96. The molecule has 0 spiro atoms. The Kier molecular flexibility index (Phi) is 3.36. The maximum absolute atomic E-state index is 11.2. The van der Waals surface area contributed by atoms with Crippen molar-refractivity contribution in [3.05, 3.63) is 32.4 Å². The van der Waals surface area contributed by atoms with Crippen LogP contribution in [0.25, 0.3) is 0 Å². The monoisotopic (exact) mass is 299 g/mol. The lowest BCUT2D eigenvalue weighted by Gasteiger charge is -2.03. The molecule has 0 heterocycles. The van der Waals surface area contributed by atoms with E-state index in [1.807, 2.05) is 28.7 Å². The average molecular weight is 299 g/mol. The number of nitrogens with zero attached hydrogens (tertiary/aromatic N) is 1. The SMILES string of the molecule is CC(=O)c1cc(C#N)cc(I)c1C=O. The molecule has 3 nitrogen and oxygen atoms in total. The van der Waals surface area contributed by atoms with E-state index in [2.05, 4.69) is 0 Å². The first-order valence-corrected chi connectivity index (χ1v) is 4.87. The normalized spacial score (nSPS) is 9.21. The molecule has 0 atom stereocenters.